The van der Waals surface area contributed by atoms with Crippen molar-refractivity contribution in [2.75, 3.05) is 30.7 Å². The van der Waals surface area contributed by atoms with Crippen molar-refractivity contribution in [3.05, 3.63) is 461 Å². The standard InChI is InChI=1S/C42H29N3S.C42H28N2OS.C30H22N2S/c1-4-12-31(13-5-1)44(32-14-6-2-7-15-32)34-22-25-42-38(28-34)37-27-30(21-24-41(37)46-42)43-29-20-23-40-36(26-29)35-18-10-11-19-39(35)45(40)33-16-8-3-9-17-33;1-3-10-31(11-4-1)44(32-12-5-2-6-13-32)33-23-25-41-38(27-33)37-26-30(22-24-40(37)46-41)43-29-20-18-28(19-21-29)34-15-9-16-36-35-14-7-8-17-39(35)45-42(34)36;1-4-10-22(11-5-1)31-23-16-19-29-28(20-23)27-18-17-26(21-30(27)33-29)32(24-12-6-2-7-13-24)25-14-8-3-9-15-25/h1-28,43H;1-27,43H;1-21,31H/i;18D,19D,20D,21D;. The van der Waals surface area contributed by atoms with Crippen molar-refractivity contribution in [2.45, 2.75) is 0 Å². The van der Waals surface area contributed by atoms with Crippen LogP contribution in [0, 0.1) is 0 Å². The highest BCUT2D eigenvalue weighted by molar-refractivity contribution is 7.26. The molecule has 594 valence electrons. The van der Waals surface area contributed by atoms with E-state index in [9.17, 15) is 0 Å². The summed E-state index contributed by atoms with van der Waals surface area (Å²) in [6.07, 6.45) is 0. The third-order valence-electron chi connectivity index (χ3n) is 22.8. The Bertz CT molecular complexity index is 8140. The highest BCUT2D eigenvalue weighted by Crippen LogP contribution is 2.47. The first-order valence-electron chi connectivity index (χ1n) is 43.7. The van der Waals surface area contributed by atoms with Crippen LogP contribution in [0.1, 0.15) is 5.48 Å². The Morgan fingerprint density at radius 2 is 0.576 bits per heavy atom. The highest BCUT2D eigenvalue weighted by Gasteiger charge is 2.22. The topological polar surface area (TPSA) is 63.9 Å². The van der Waals surface area contributed by atoms with Gasteiger partial charge in [-0.2, -0.15) is 0 Å². The minimum atomic E-state index is -0.145. The van der Waals surface area contributed by atoms with E-state index in [2.05, 4.69) is 357 Å². The van der Waals surface area contributed by atoms with Gasteiger partial charge in [0, 0.05) is 179 Å². The molecule has 19 aromatic carbocycles. The third kappa shape index (κ3) is 15.0. The van der Waals surface area contributed by atoms with Crippen molar-refractivity contribution in [3.8, 4) is 16.8 Å². The number of nitrogens with zero attached hydrogens (tertiary/aromatic N) is 4. The molecule has 0 bridgehead atoms. The maximum absolute atomic E-state index is 9.03. The van der Waals surface area contributed by atoms with Crippen molar-refractivity contribution in [1.82, 2.24) is 4.57 Å². The van der Waals surface area contributed by atoms with E-state index in [4.69, 9.17) is 9.90 Å². The van der Waals surface area contributed by atoms with E-state index in [0.29, 0.717) is 22.4 Å². The van der Waals surface area contributed by atoms with Gasteiger partial charge in [0.05, 0.1) is 16.5 Å². The molecule has 8 nitrogen and oxygen atoms in total. The quantitative estimate of drug-likeness (QED) is 0.0840. The number of rotatable bonds is 17. The molecular formula is C114H79N7OS3. The fraction of sp³-hybridized carbons (Fsp3) is 0. The first kappa shape index (κ1) is 71.0. The summed E-state index contributed by atoms with van der Waals surface area (Å²) in [5, 5.41) is 22.0. The molecular weight excluding hydrogens is 1580 g/mol. The minimum absolute atomic E-state index is 0.124. The molecule has 5 aromatic heterocycles. The number of nitrogens with one attached hydrogen (secondary N) is 3. The van der Waals surface area contributed by atoms with E-state index in [0.717, 1.165) is 105 Å². The van der Waals surface area contributed by atoms with Crippen molar-refractivity contribution in [3.63, 3.8) is 0 Å². The van der Waals surface area contributed by atoms with Gasteiger partial charge in [0.25, 0.3) is 0 Å². The Balaban J connectivity index is 0.000000116. The third-order valence-corrected chi connectivity index (χ3v) is 26.3. The predicted octanol–water partition coefficient (Wildman–Crippen LogP) is 34.5. The Hall–Kier alpha value is -15.8. The van der Waals surface area contributed by atoms with Gasteiger partial charge in [0.1, 0.15) is 11.2 Å². The lowest BCUT2D eigenvalue weighted by Gasteiger charge is -2.25. The van der Waals surface area contributed by atoms with Crippen LogP contribution in [0.15, 0.2) is 465 Å². The molecule has 0 aliphatic rings. The van der Waals surface area contributed by atoms with E-state index in [1.807, 2.05) is 132 Å². The summed E-state index contributed by atoms with van der Waals surface area (Å²) in [4.78, 5) is 6.88. The van der Waals surface area contributed by atoms with Crippen molar-refractivity contribution in [2.24, 2.45) is 0 Å². The summed E-state index contributed by atoms with van der Waals surface area (Å²) in [6.45, 7) is 0. The monoisotopic (exact) mass is 1660 g/mol. The second kappa shape index (κ2) is 33.3. The van der Waals surface area contributed by atoms with Gasteiger partial charge in [-0.15, -0.1) is 34.0 Å². The van der Waals surface area contributed by atoms with E-state index >= 15 is 0 Å². The molecule has 11 heteroatoms. The second-order valence-electron chi connectivity index (χ2n) is 30.7. The zero-order valence-electron chi connectivity index (χ0n) is 71.5. The van der Waals surface area contributed by atoms with Gasteiger partial charge in [-0.05, 0) is 248 Å². The van der Waals surface area contributed by atoms with Gasteiger partial charge in [-0.25, -0.2) is 0 Å². The molecule has 0 aliphatic carbocycles. The van der Waals surface area contributed by atoms with Gasteiger partial charge in [0.15, 0.2) is 0 Å². The van der Waals surface area contributed by atoms with E-state index < -0.39 is 0 Å². The molecule has 0 unspecified atom stereocenters. The smallest absolute Gasteiger partial charge is 0.143 e. The maximum atomic E-state index is 9.03. The van der Waals surface area contributed by atoms with Crippen LogP contribution in [-0.2, 0) is 0 Å². The molecule has 125 heavy (non-hydrogen) atoms. The van der Waals surface area contributed by atoms with E-state index in [1.165, 1.54) is 67.8 Å². The van der Waals surface area contributed by atoms with Gasteiger partial charge in [-0.3, -0.25) is 0 Å². The molecule has 0 amide bonds. The van der Waals surface area contributed by atoms with Gasteiger partial charge >= 0.3 is 0 Å². The number of hydrogen-bond donors (Lipinski definition) is 3. The average Bonchev–Trinajstić information content (AvgIpc) is 1.72. The van der Waals surface area contributed by atoms with Crippen LogP contribution in [-0.4, -0.2) is 4.57 Å². The number of benzene rings is 19. The van der Waals surface area contributed by atoms with E-state index in [1.54, 1.807) is 17.4 Å². The van der Waals surface area contributed by atoms with Crippen LogP contribution < -0.4 is 30.7 Å². The van der Waals surface area contributed by atoms with E-state index in [-0.39, 0.29) is 35.4 Å². The molecule has 24 aromatic rings. The number of aromatic nitrogens is 1. The van der Waals surface area contributed by atoms with Crippen LogP contribution >= 0.6 is 34.0 Å². The molecule has 0 saturated heterocycles. The summed E-state index contributed by atoms with van der Waals surface area (Å²) in [7, 11) is 0. The Labute approximate surface area is 741 Å². The van der Waals surface area contributed by atoms with Crippen LogP contribution in [0.4, 0.5) is 85.3 Å². The summed E-state index contributed by atoms with van der Waals surface area (Å²) >= 11 is 5.40. The summed E-state index contributed by atoms with van der Waals surface area (Å²) in [6, 6.07) is 151. The SMILES string of the molecule is [2H]c1c([2H])c(-c2cccc3c2oc2ccccc23)c([2H])c([2H])c1Nc1ccc2sc3ccc(N(c4ccccc4)c4ccccc4)cc3c2c1.c1ccc(N(c2ccccc2)c2ccc3sc4ccc(Nc5ccc6c(c5)c5ccccc5n6-c5ccccc5)cc4c3c2)cc1.c1ccc(Nc2ccc3sc4cc(N(c5ccccc5)c5ccccc5)ccc4c3c2)cc1. The van der Waals surface area contributed by atoms with Crippen molar-refractivity contribution >= 4 is 224 Å². The highest BCUT2D eigenvalue weighted by atomic mass is 32.1. The number of anilines is 15. The molecule has 0 fully saturated rings. The van der Waals surface area contributed by atoms with Crippen molar-refractivity contribution < 1.29 is 9.90 Å². The summed E-state index contributed by atoms with van der Waals surface area (Å²) < 4.78 is 52.0. The van der Waals surface area contributed by atoms with Crippen LogP contribution in [0.3, 0.4) is 0 Å². The lowest BCUT2D eigenvalue weighted by molar-refractivity contribution is 0.670. The lowest BCUT2D eigenvalue weighted by Crippen LogP contribution is -2.09. The first-order valence-corrected chi connectivity index (χ1v) is 44.1. The zero-order chi connectivity index (χ0) is 86.4. The first-order chi connectivity index (χ1) is 63.6. The molecule has 24 rings (SSSR count). The van der Waals surface area contributed by atoms with Crippen molar-refractivity contribution in [1.29, 1.82) is 0 Å². The summed E-state index contributed by atoms with van der Waals surface area (Å²) in [5.41, 5.74) is 20.8. The number of furan rings is 1. The average molecular weight is 1660 g/mol. The number of thiophene rings is 3. The van der Waals surface area contributed by atoms with Crippen LogP contribution in [0.5, 0.6) is 0 Å². The number of fused-ring (bicyclic) bond motifs is 15. The van der Waals surface area contributed by atoms with Crippen LogP contribution in [0.25, 0.3) is 121 Å². The molecule has 0 saturated carbocycles. The Morgan fingerprint density at radius 1 is 0.224 bits per heavy atom. The van der Waals surface area contributed by atoms with Gasteiger partial charge < -0.3 is 39.6 Å². The molecule has 0 spiro atoms. The zero-order valence-corrected chi connectivity index (χ0v) is 69.9. The molecule has 0 atom stereocenters. The number of para-hydroxylation sites is 11. The lowest BCUT2D eigenvalue weighted by atomic mass is 10.0. The Morgan fingerprint density at radius 3 is 1.07 bits per heavy atom. The van der Waals surface area contributed by atoms with Crippen LogP contribution in [0.2, 0.25) is 0 Å². The van der Waals surface area contributed by atoms with Gasteiger partial charge in [-0.1, -0.05) is 218 Å². The minimum Gasteiger partial charge on any atom is -0.455 e. The molecule has 5 heterocycles. The maximum Gasteiger partial charge on any atom is 0.143 e. The largest absolute Gasteiger partial charge is 0.455 e. The molecule has 3 N–H and O–H groups in total. The Kier molecular flexibility index (Phi) is 18.9. The number of hydrogen-bond acceptors (Lipinski definition) is 10. The summed E-state index contributed by atoms with van der Waals surface area (Å²) in [5.74, 6) is 0. The molecule has 0 aliphatic heterocycles. The predicted molar refractivity (Wildman–Crippen MR) is 538 cm³/mol. The molecule has 0 radical (unpaired) electrons. The van der Waals surface area contributed by atoms with Gasteiger partial charge in [0.2, 0.25) is 0 Å². The fourth-order valence-corrected chi connectivity index (χ4v) is 20.4. The normalized spacial score (nSPS) is 11.8. The fourth-order valence-electron chi connectivity index (χ4n) is 17.1. The second-order valence-corrected chi connectivity index (χ2v) is 33.9.